The standard InChI is InChI=1S/C16H16O2/c1-10-9-11(2)14(15(17)12(10)3)16(18)13-7-5-4-6-8-13/h4-9,17H,1-3H3. The van der Waals surface area contributed by atoms with E-state index in [1.54, 1.807) is 12.1 Å². The molecule has 0 aliphatic rings. The zero-order valence-electron chi connectivity index (χ0n) is 10.8. The molecule has 0 aromatic heterocycles. The van der Waals surface area contributed by atoms with Gasteiger partial charge in [0.25, 0.3) is 0 Å². The topological polar surface area (TPSA) is 37.3 Å². The highest BCUT2D eigenvalue weighted by Crippen LogP contribution is 2.30. The minimum Gasteiger partial charge on any atom is -0.507 e. The molecule has 0 aliphatic heterocycles. The number of rotatable bonds is 2. The number of phenolic OH excluding ortho intramolecular Hbond substituents is 1. The Kier molecular flexibility index (Phi) is 3.19. The lowest BCUT2D eigenvalue weighted by Crippen LogP contribution is -2.05. The highest BCUT2D eigenvalue weighted by Gasteiger charge is 2.18. The number of hydrogen-bond donors (Lipinski definition) is 1. The molecule has 0 fully saturated rings. The first kappa shape index (κ1) is 12.4. The Morgan fingerprint density at radius 2 is 1.61 bits per heavy atom. The zero-order chi connectivity index (χ0) is 13.3. The number of ketones is 1. The van der Waals surface area contributed by atoms with Crippen LogP contribution in [0.25, 0.3) is 0 Å². The predicted molar refractivity (Wildman–Crippen MR) is 72.2 cm³/mol. The van der Waals surface area contributed by atoms with Crippen molar-refractivity contribution < 1.29 is 9.90 Å². The highest BCUT2D eigenvalue weighted by molar-refractivity contribution is 6.11. The Morgan fingerprint density at radius 3 is 2.22 bits per heavy atom. The van der Waals surface area contributed by atoms with Gasteiger partial charge in [0.2, 0.25) is 0 Å². The van der Waals surface area contributed by atoms with Crippen molar-refractivity contribution in [3.8, 4) is 5.75 Å². The molecule has 2 aromatic carbocycles. The van der Waals surface area contributed by atoms with E-state index in [1.165, 1.54) is 0 Å². The molecule has 92 valence electrons. The average molecular weight is 240 g/mol. The molecule has 0 atom stereocenters. The fourth-order valence-electron chi connectivity index (χ4n) is 2.09. The van der Waals surface area contributed by atoms with Crippen molar-refractivity contribution in [1.29, 1.82) is 0 Å². The molecule has 0 aliphatic carbocycles. The van der Waals surface area contributed by atoms with Gasteiger partial charge < -0.3 is 5.11 Å². The van der Waals surface area contributed by atoms with Crippen molar-refractivity contribution in [2.75, 3.05) is 0 Å². The van der Waals surface area contributed by atoms with E-state index < -0.39 is 0 Å². The molecule has 0 spiro atoms. The number of aromatic hydroxyl groups is 1. The summed E-state index contributed by atoms with van der Waals surface area (Å²) < 4.78 is 0. The van der Waals surface area contributed by atoms with Crippen LogP contribution in [0.2, 0.25) is 0 Å². The molecule has 0 heterocycles. The van der Waals surface area contributed by atoms with Crippen molar-refractivity contribution in [2.24, 2.45) is 0 Å². The molecule has 2 heteroatoms. The van der Waals surface area contributed by atoms with Gasteiger partial charge in [-0.15, -0.1) is 0 Å². The van der Waals surface area contributed by atoms with Crippen LogP contribution in [0.4, 0.5) is 0 Å². The minimum absolute atomic E-state index is 0.0985. The van der Waals surface area contributed by atoms with Gasteiger partial charge in [0, 0.05) is 5.56 Å². The van der Waals surface area contributed by atoms with Gasteiger partial charge in [0.1, 0.15) is 5.75 Å². The Balaban J connectivity index is 2.59. The first-order chi connectivity index (χ1) is 8.52. The summed E-state index contributed by atoms with van der Waals surface area (Å²) >= 11 is 0. The quantitative estimate of drug-likeness (QED) is 0.815. The van der Waals surface area contributed by atoms with Gasteiger partial charge in [0.15, 0.2) is 5.78 Å². The zero-order valence-corrected chi connectivity index (χ0v) is 10.8. The summed E-state index contributed by atoms with van der Waals surface area (Å²) in [5.74, 6) is -0.0324. The third kappa shape index (κ3) is 2.02. The van der Waals surface area contributed by atoms with Crippen molar-refractivity contribution in [3.63, 3.8) is 0 Å². The Labute approximate surface area is 107 Å². The summed E-state index contributed by atoms with van der Waals surface area (Å²) in [5, 5.41) is 10.2. The molecular weight excluding hydrogens is 224 g/mol. The van der Waals surface area contributed by atoms with Crippen molar-refractivity contribution >= 4 is 5.78 Å². The molecule has 2 rings (SSSR count). The van der Waals surface area contributed by atoms with Gasteiger partial charge in [-0.2, -0.15) is 0 Å². The lowest BCUT2D eigenvalue weighted by Gasteiger charge is -2.12. The number of aryl methyl sites for hydroxylation is 2. The molecule has 0 bridgehead atoms. The number of carbonyl (C=O) groups excluding carboxylic acids is 1. The molecule has 2 nitrogen and oxygen atoms in total. The van der Waals surface area contributed by atoms with Crippen LogP contribution < -0.4 is 0 Å². The summed E-state index contributed by atoms with van der Waals surface area (Å²) in [6.07, 6.45) is 0. The van der Waals surface area contributed by atoms with Crippen molar-refractivity contribution in [3.05, 3.63) is 64.2 Å². The molecule has 2 aromatic rings. The van der Waals surface area contributed by atoms with E-state index in [4.69, 9.17) is 0 Å². The fourth-order valence-corrected chi connectivity index (χ4v) is 2.09. The second-order valence-electron chi connectivity index (χ2n) is 4.55. The van der Waals surface area contributed by atoms with E-state index in [0.717, 1.165) is 16.7 Å². The third-order valence-corrected chi connectivity index (χ3v) is 3.27. The summed E-state index contributed by atoms with van der Waals surface area (Å²) in [4.78, 5) is 12.4. The number of benzene rings is 2. The van der Waals surface area contributed by atoms with E-state index >= 15 is 0 Å². The largest absolute Gasteiger partial charge is 0.507 e. The second-order valence-corrected chi connectivity index (χ2v) is 4.55. The van der Waals surface area contributed by atoms with Crippen LogP contribution in [0.1, 0.15) is 32.6 Å². The SMILES string of the molecule is Cc1cc(C)c(C(=O)c2ccccc2)c(O)c1C. The van der Waals surface area contributed by atoms with Crippen molar-refractivity contribution in [2.45, 2.75) is 20.8 Å². The third-order valence-electron chi connectivity index (χ3n) is 3.27. The van der Waals surface area contributed by atoms with Crippen LogP contribution in [0, 0.1) is 20.8 Å². The fraction of sp³-hybridized carbons (Fsp3) is 0.188. The van der Waals surface area contributed by atoms with Gasteiger partial charge in [-0.25, -0.2) is 0 Å². The van der Waals surface area contributed by atoms with E-state index in [-0.39, 0.29) is 11.5 Å². The number of carbonyl (C=O) groups is 1. The van der Waals surface area contributed by atoms with E-state index in [1.807, 2.05) is 45.0 Å². The second kappa shape index (κ2) is 4.65. The molecule has 0 saturated heterocycles. The molecule has 0 saturated carbocycles. The maximum absolute atomic E-state index is 12.4. The maximum atomic E-state index is 12.4. The number of hydrogen-bond acceptors (Lipinski definition) is 2. The molecule has 0 amide bonds. The van der Waals surface area contributed by atoms with E-state index in [2.05, 4.69) is 0 Å². The first-order valence-corrected chi connectivity index (χ1v) is 5.92. The minimum atomic E-state index is -0.131. The smallest absolute Gasteiger partial charge is 0.197 e. The van der Waals surface area contributed by atoms with E-state index in [9.17, 15) is 9.90 Å². The first-order valence-electron chi connectivity index (χ1n) is 5.92. The van der Waals surface area contributed by atoms with Gasteiger partial charge in [-0.1, -0.05) is 36.4 Å². The van der Waals surface area contributed by atoms with Crippen LogP contribution in [-0.4, -0.2) is 10.9 Å². The lowest BCUT2D eigenvalue weighted by atomic mass is 9.93. The van der Waals surface area contributed by atoms with Crippen molar-refractivity contribution in [1.82, 2.24) is 0 Å². The lowest BCUT2D eigenvalue weighted by molar-refractivity contribution is 0.103. The van der Waals surface area contributed by atoms with Crippen LogP contribution in [0.5, 0.6) is 5.75 Å². The predicted octanol–water partition coefficient (Wildman–Crippen LogP) is 3.55. The monoisotopic (exact) mass is 240 g/mol. The highest BCUT2D eigenvalue weighted by atomic mass is 16.3. The van der Waals surface area contributed by atoms with Gasteiger partial charge in [-0.3, -0.25) is 4.79 Å². The Morgan fingerprint density at radius 1 is 1.00 bits per heavy atom. The molecule has 0 radical (unpaired) electrons. The van der Waals surface area contributed by atoms with Gasteiger partial charge >= 0.3 is 0 Å². The summed E-state index contributed by atoms with van der Waals surface area (Å²) in [6, 6.07) is 11.0. The normalized spacial score (nSPS) is 10.4. The maximum Gasteiger partial charge on any atom is 0.197 e. The Bertz CT molecular complexity index is 598. The summed E-state index contributed by atoms with van der Waals surface area (Å²) in [6.45, 7) is 5.60. The number of phenols is 1. The molecular formula is C16H16O2. The van der Waals surface area contributed by atoms with Crippen LogP contribution in [0.15, 0.2) is 36.4 Å². The summed E-state index contributed by atoms with van der Waals surface area (Å²) in [7, 11) is 0. The van der Waals surface area contributed by atoms with Crippen LogP contribution >= 0.6 is 0 Å². The Hall–Kier alpha value is -2.09. The van der Waals surface area contributed by atoms with Crippen LogP contribution in [-0.2, 0) is 0 Å². The average Bonchev–Trinajstić information content (AvgIpc) is 2.37. The molecule has 18 heavy (non-hydrogen) atoms. The van der Waals surface area contributed by atoms with E-state index in [0.29, 0.717) is 11.1 Å². The molecule has 1 N–H and O–H groups in total. The van der Waals surface area contributed by atoms with Gasteiger partial charge in [0.05, 0.1) is 5.56 Å². The van der Waals surface area contributed by atoms with Gasteiger partial charge in [-0.05, 0) is 37.5 Å². The molecule has 0 unspecified atom stereocenters. The van der Waals surface area contributed by atoms with Crippen LogP contribution in [0.3, 0.4) is 0 Å². The summed E-state index contributed by atoms with van der Waals surface area (Å²) in [5.41, 5.74) is 3.57.